The second-order valence-electron chi connectivity index (χ2n) is 3.04. The van der Waals surface area contributed by atoms with Crippen LogP contribution in [-0.2, 0) is 14.3 Å². The second-order valence-corrected chi connectivity index (χ2v) is 3.04. The van der Waals surface area contributed by atoms with Gasteiger partial charge in [-0.25, -0.2) is 4.79 Å². The largest absolute Gasteiger partial charge is 0.480 e. The summed E-state index contributed by atoms with van der Waals surface area (Å²) in [6, 6.07) is 0. The van der Waals surface area contributed by atoms with E-state index in [2.05, 4.69) is 4.74 Å². The van der Waals surface area contributed by atoms with Gasteiger partial charge in [-0.3, -0.25) is 0 Å². The third-order valence-electron chi connectivity index (χ3n) is 1.80. The Morgan fingerprint density at radius 3 is 2.19 bits per heavy atom. The summed E-state index contributed by atoms with van der Waals surface area (Å²) in [4.78, 5) is 20.6. The molecule has 16 heavy (non-hydrogen) atoms. The Hall–Kier alpha value is -1.06. The number of carboxylic acids is 1. The molecule has 0 aromatic rings. The number of aldehydes is 1. The number of aliphatic hydroxyl groups is 4. The molecule has 0 rings (SSSR count). The van der Waals surface area contributed by atoms with Crippen LogP contribution in [0.5, 0.6) is 0 Å². The summed E-state index contributed by atoms with van der Waals surface area (Å²) >= 11 is 0. The minimum Gasteiger partial charge on any atom is -0.480 e. The molecular weight excluding hydrogens is 224 g/mol. The number of carbonyl (C=O) groups is 2. The predicted molar refractivity (Wildman–Crippen MR) is 48.5 cm³/mol. The molecule has 0 amide bonds. The average molecular weight is 238 g/mol. The normalized spacial score (nSPS) is 18.5. The molecule has 5 N–H and O–H groups in total. The van der Waals surface area contributed by atoms with Crippen molar-refractivity contribution in [2.24, 2.45) is 0 Å². The van der Waals surface area contributed by atoms with E-state index in [1.165, 1.54) is 0 Å². The van der Waals surface area contributed by atoms with Crippen molar-refractivity contribution in [2.45, 2.75) is 24.4 Å². The number of hydrogen-bond acceptors (Lipinski definition) is 7. The molecule has 8 heteroatoms. The Labute approximate surface area is 90.7 Å². The van der Waals surface area contributed by atoms with E-state index < -0.39 is 43.6 Å². The van der Waals surface area contributed by atoms with Gasteiger partial charge in [-0.1, -0.05) is 0 Å². The van der Waals surface area contributed by atoms with Gasteiger partial charge in [-0.2, -0.15) is 0 Å². The lowest BCUT2D eigenvalue weighted by Gasteiger charge is -2.25. The van der Waals surface area contributed by atoms with Crippen molar-refractivity contribution >= 4 is 12.3 Å². The Balaban J connectivity index is 4.33. The first-order chi connectivity index (χ1) is 7.43. The molecule has 4 atom stereocenters. The van der Waals surface area contributed by atoms with Gasteiger partial charge in [0.15, 0.2) is 6.29 Å². The van der Waals surface area contributed by atoms with E-state index in [0.717, 1.165) is 0 Å². The van der Waals surface area contributed by atoms with Crippen LogP contribution in [0.2, 0.25) is 0 Å². The molecule has 0 saturated heterocycles. The number of ether oxygens (including phenoxy) is 1. The van der Waals surface area contributed by atoms with E-state index in [1.807, 2.05) is 0 Å². The molecule has 0 heterocycles. The van der Waals surface area contributed by atoms with E-state index in [4.69, 9.17) is 15.3 Å². The predicted octanol–water partition coefficient (Wildman–Crippen LogP) is -3.27. The van der Waals surface area contributed by atoms with E-state index in [-0.39, 0.29) is 6.29 Å². The molecule has 0 saturated carbocycles. The van der Waals surface area contributed by atoms with Crippen LogP contribution in [0.25, 0.3) is 0 Å². The molecule has 0 aromatic heterocycles. The Kier molecular flexibility index (Phi) is 6.77. The van der Waals surface area contributed by atoms with Gasteiger partial charge in [-0.05, 0) is 0 Å². The van der Waals surface area contributed by atoms with E-state index in [1.54, 1.807) is 0 Å². The highest BCUT2D eigenvalue weighted by atomic mass is 16.5. The maximum Gasteiger partial charge on any atom is 0.329 e. The van der Waals surface area contributed by atoms with Crippen LogP contribution < -0.4 is 0 Å². The Bertz CT molecular complexity index is 230. The topological polar surface area (TPSA) is 145 Å². The maximum absolute atomic E-state index is 10.4. The number of carboxylic acid groups (broad SMARTS) is 1. The third kappa shape index (κ3) is 4.64. The van der Waals surface area contributed by atoms with Gasteiger partial charge in [0.1, 0.15) is 31.0 Å². The summed E-state index contributed by atoms with van der Waals surface area (Å²) in [6.45, 7) is -1.65. The summed E-state index contributed by atoms with van der Waals surface area (Å²) in [7, 11) is 0. The summed E-state index contributed by atoms with van der Waals surface area (Å²) in [5, 5.41) is 44.2. The summed E-state index contributed by atoms with van der Waals surface area (Å²) in [6.07, 6.45) is -6.77. The lowest BCUT2D eigenvalue weighted by molar-refractivity contribution is -0.158. The monoisotopic (exact) mass is 238 g/mol. The minimum atomic E-state index is -1.82. The van der Waals surface area contributed by atoms with E-state index >= 15 is 0 Å². The number of carbonyl (C=O) groups excluding carboxylic acids is 1. The van der Waals surface area contributed by atoms with Crippen molar-refractivity contribution in [3.8, 4) is 0 Å². The highest BCUT2D eigenvalue weighted by Crippen LogP contribution is 2.06. The molecule has 0 aromatic carbocycles. The SMILES string of the molecule is O=CC(OCC(=O)O)C(O)C(O)C(O)CO. The number of aliphatic carboxylic acids is 1. The molecule has 0 bridgehead atoms. The van der Waals surface area contributed by atoms with Crippen LogP contribution >= 0.6 is 0 Å². The molecular formula is C8H14O8. The Morgan fingerprint density at radius 1 is 1.25 bits per heavy atom. The van der Waals surface area contributed by atoms with Crippen molar-refractivity contribution in [3.63, 3.8) is 0 Å². The van der Waals surface area contributed by atoms with Gasteiger partial charge >= 0.3 is 5.97 Å². The smallest absolute Gasteiger partial charge is 0.329 e. The Morgan fingerprint density at radius 2 is 1.81 bits per heavy atom. The van der Waals surface area contributed by atoms with Crippen LogP contribution in [0, 0.1) is 0 Å². The lowest BCUT2D eigenvalue weighted by atomic mass is 10.0. The van der Waals surface area contributed by atoms with Gasteiger partial charge in [0, 0.05) is 0 Å². The van der Waals surface area contributed by atoms with Crippen LogP contribution in [0.4, 0.5) is 0 Å². The van der Waals surface area contributed by atoms with Crippen molar-refractivity contribution in [1.29, 1.82) is 0 Å². The van der Waals surface area contributed by atoms with Gasteiger partial charge < -0.3 is 35.1 Å². The molecule has 94 valence electrons. The number of aliphatic hydroxyl groups excluding tert-OH is 4. The van der Waals surface area contributed by atoms with Crippen LogP contribution in [-0.4, -0.2) is 75.4 Å². The highest BCUT2D eigenvalue weighted by Gasteiger charge is 2.31. The quantitative estimate of drug-likeness (QED) is 0.277. The molecule has 0 aliphatic heterocycles. The molecule has 0 aliphatic carbocycles. The van der Waals surface area contributed by atoms with Gasteiger partial charge in [0.05, 0.1) is 6.61 Å². The lowest BCUT2D eigenvalue weighted by Crippen LogP contribution is -2.47. The molecule has 0 aliphatic rings. The van der Waals surface area contributed by atoms with Gasteiger partial charge in [0.2, 0.25) is 0 Å². The first kappa shape index (κ1) is 14.9. The summed E-state index contributed by atoms with van der Waals surface area (Å²) in [5.41, 5.74) is 0. The van der Waals surface area contributed by atoms with Gasteiger partial charge in [-0.15, -0.1) is 0 Å². The standard InChI is InChI=1S/C8H14O8/c9-1-4(11)7(14)8(15)5(2-10)16-3-6(12)13/h2,4-5,7-9,11,14-15H,1,3H2,(H,12,13). The summed E-state index contributed by atoms with van der Waals surface area (Å²) < 4.78 is 4.46. The zero-order valence-corrected chi connectivity index (χ0v) is 8.26. The maximum atomic E-state index is 10.4. The minimum absolute atomic E-state index is 0.0981. The van der Waals surface area contributed by atoms with Crippen molar-refractivity contribution < 1.29 is 39.9 Å². The molecule has 8 nitrogen and oxygen atoms in total. The van der Waals surface area contributed by atoms with E-state index in [9.17, 15) is 19.8 Å². The van der Waals surface area contributed by atoms with Crippen LogP contribution in [0.1, 0.15) is 0 Å². The zero-order valence-electron chi connectivity index (χ0n) is 8.26. The molecule has 0 spiro atoms. The van der Waals surface area contributed by atoms with E-state index in [0.29, 0.717) is 0 Å². The highest BCUT2D eigenvalue weighted by molar-refractivity contribution is 5.68. The van der Waals surface area contributed by atoms with Gasteiger partial charge in [0.25, 0.3) is 0 Å². The van der Waals surface area contributed by atoms with Crippen LogP contribution in [0.3, 0.4) is 0 Å². The fraction of sp³-hybridized carbons (Fsp3) is 0.750. The number of hydrogen-bond donors (Lipinski definition) is 5. The fourth-order valence-corrected chi connectivity index (χ4v) is 0.916. The average Bonchev–Trinajstić information content (AvgIpc) is 2.27. The first-order valence-electron chi connectivity index (χ1n) is 4.37. The van der Waals surface area contributed by atoms with Crippen molar-refractivity contribution in [1.82, 2.24) is 0 Å². The van der Waals surface area contributed by atoms with Crippen molar-refractivity contribution in [3.05, 3.63) is 0 Å². The molecule has 4 unspecified atom stereocenters. The summed E-state index contributed by atoms with van der Waals surface area (Å²) in [5.74, 6) is -1.35. The zero-order chi connectivity index (χ0) is 12.7. The number of rotatable bonds is 8. The van der Waals surface area contributed by atoms with Crippen LogP contribution in [0.15, 0.2) is 0 Å². The third-order valence-corrected chi connectivity index (χ3v) is 1.80. The molecule has 0 radical (unpaired) electrons. The second kappa shape index (κ2) is 7.25. The van der Waals surface area contributed by atoms with Crippen molar-refractivity contribution in [2.75, 3.05) is 13.2 Å². The fourth-order valence-electron chi connectivity index (χ4n) is 0.916. The molecule has 0 fully saturated rings. The first-order valence-corrected chi connectivity index (χ1v) is 4.37.